The van der Waals surface area contributed by atoms with Crippen molar-refractivity contribution in [3.05, 3.63) is 0 Å². The van der Waals surface area contributed by atoms with Gasteiger partial charge < -0.3 is 15.3 Å². The van der Waals surface area contributed by atoms with Crippen molar-refractivity contribution in [2.24, 2.45) is 0 Å². The first-order valence-corrected chi connectivity index (χ1v) is 4.33. The molecule has 1 aliphatic heterocycles. The van der Waals surface area contributed by atoms with E-state index in [1.807, 2.05) is 11.8 Å². The summed E-state index contributed by atoms with van der Waals surface area (Å²) in [7, 11) is 0. The summed E-state index contributed by atoms with van der Waals surface area (Å²) in [4.78, 5) is 1.93. The van der Waals surface area contributed by atoms with Gasteiger partial charge in [-0.05, 0) is 6.42 Å². The zero-order chi connectivity index (χ0) is 9.19. The third kappa shape index (κ3) is 2.17. The fourth-order valence-corrected chi connectivity index (χ4v) is 1.49. The number of nitrogens with zero attached hydrogens (tertiary/aromatic N) is 1. The van der Waals surface area contributed by atoms with Gasteiger partial charge >= 0.3 is 0 Å². The first-order valence-electron chi connectivity index (χ1n) is 4.33. The maximum Gasteiger partial charge on any atom is 0.0897 e. The Kier molecular flexibility index (Phi) is 3.06. The molecule has 0 bridgehead atoms. The van der Waals surface area contributed by atoms with Crippen LogP contribution in [-0.4, -0.2) is 58.2 Å². The van der Waals surface area contributed by atoms with Crippen molar-refractivity contribution >= 4 is 0 Å². The second kappa shape index (κ2) is 3.70. The van der Waals surface area contributed by atoms with Gasteiger partial charge in [0.25, 0.3) is 0 Å². The Morgan fingerprint density at radius 2 is 2.08 bits per heavy atom. The highest BCUT2D eigenvalue weighted by Gasteiger charge is 2.39. The Balaban J connectivity index is 2.17. The molecule has 0 aromatic carbocycles. The fraction of sp³-hybridized carbons (Fsp3) is 1.00. The molecule has 12 heavy (non-hydrogen) atoms. The second-order valence-corrected chi connectivity index (χ2v) is 3.58. The van der Waals surface area contributed by atoms with E-state index in [2.05, 4.69) is 0 Å². The van der Waals surface area contributed by atoms with E-state index in [9.17, 15) is 5.11 Å². The monoisotopic (exact) mass is 175 g/mol. The second-order valence-electron chi connectivity index (χ2n) is 3.58. The maximum atomic E-state index is 9.59. The van der Waals surface area contributed by atoms with Gasteiger partial charge in [-0.25, -0.2) is 0 Å². The molecule has 0 aromatic heterocycles. The van der Waals surface area contributed by atoms with Crippen molar-refractivity contribution < 1.29 is 15.3 Å². The molecule has 3 N–H and O–H groups in total. The van der Waals surface area contributed by atoms with Crippen molar-refractivity contribution in [2.45, 2.75) is 25.0 Å². The molecule has 0 aromatic rings. The normalized spacial score (nSPS) is 25.0. The van der Waals surface area contributed by atoms with Crippen LogP contribution in [0.15, 0.2) is 0 Å². The molecule has 1 saturated heterocycles. The van der Waals surface area contributed by atoms with Crippen LogP contribution in [0.1, 0.15) is 13.3 Å². The van der Waals surface area contributed by atoms with Crippen LogP contribution in [0.2, 0.25) is 0 Å². The van der Waals surface area contributed by atoms with Crippen LogP contribution in [0.3, 0.4) is 0 Å². The topological polar surface area (TPSA) is 63.9 Å². The Bertz CT molecular complexity index is 142. The van der Waals surface area contributed by atoms with E-state index in [-0.39, 0.29) is 6.61 Å². The van der Waals surface area contributed by atoms with Crippen LogP contribution in [0.4, 0.5) is 0 Å². The summed E-state index contributed by atoms with van der Waals surface area (Å²) in [6.07, 6.45) is 0.0741. The Labute approximate surface area is 72.4 Å². The quantitative estimate of drug-likeness (QED) is 0.502. The number of hydrogen-bond acceptors (Lipinski definition) is 4. The molecular formula is C8H17NO3. The van der Waals surface area contributed by atoms with E-state index in [0.717, 1.165) is 6.42 Å². The van der Waals surface area contributed by atoms with Crippen LogP contribution >= 0.6 is 0 Å². The zero-order valence-electron chi connectivity index (χ0n) is 7.40. The molecule has 0 aliphatic carbocycles. The van der Waals surface area contributed by atoms with Gasteiger partial charge in [0, 0.05) is 19.6 Å². The lowest BCUT2D eigenvalue weighted by molar-refractivity contribution is -0.113. The van der Waals surface area contributed by atoms with E-state index >= 15 is 0 Å². The summed E-state index contributed by atoms with van der Waals surface area (Å²) < 4.78 is 0. The lowest BCUT2D eigenvalue weighted by atomic mass is 9.91. The van der Waals surface area contributed by atoms with Crippen molar-refractivity contribution in [3.63, 3.8) is 0 Å². The minimum Gasteiger partial charge on any atom is -0.394 e. The lowest BCUT2D eigenvalue weighted by Crippen LogP contribution is -2.62. The van der Waals surface area contributed by atoms with Crippen molar-refractivity contribution in [3.8, 4) is 0 Å². The molecule has 1 rings (SSSR count). The van der Waals surface area contributed by atoms with Gasteiger partial charge in [-0.1, -0.05) is 6.92 Å². The first-order chi connectivity index (χ1) is 5.59. The number of hydrogen-bond donors (Lipinski definition) is 3. The molecule has 1 aliphatic rings. The predicted molar refractivity (Wildman–Crippen MR) is 44.8 cm³/mol. The summed E-state index contributed by atoms with van der Waals surface area (Å²) in [6.45, 7) is 3.42. The molecule has 4 heteroatoms. The summed E-state index contributed by atoms with van der Waals surface area (Å²) in [5.74, 6) is 0. The Morgan fingerprint density at radius 1 is 1.50 bits per heavy atom. The highest BCUT2D eigenvalue weighted by atomic mass is 16.3. The average molecular weight is 175 g/mol. The first kappa shape index (κ1) is 9.92. The van der Waals surface area contributed by atoms with E-state index in [0.29, 0.717) is 19.6 Å². The van der Waals surface area contributed by atoms with E-state index in [4.69, 9.17) is 10.2 Å². The molecule has 72 valence electrons. The fourth-order valence-electron chi connectivity index (χ4n) is 1.49. The number of rotatable bonds is 4. The maximum absolute atomic E-state index is 9.59. The van der Waals surface area contributed by atoms with Gasteiger partial charge in [0.15, 0.2) is 0 Å². The zero-order valence-corrected chi connectivity index (χ0v) is 7.40. The van der Waals surface area contributed by atoms with Crippen LogP contribution in [0, 0.1) is 0 Å². The number of likely N-dealkylation sites (tertiary alicyclic amines) is 1. The summed E-state index contributed by atoms with van der Waals surface area (Å²) in [5, 5.41) is 27.2. The van der Waals surface area contributed by atoms with Gasteiger partial charge in [-0.2, -0.15) is 0 Å². The van der Waals surface area contributed by atoms with Crippen LogP contribution in [0.25, 0.3) is 0 Å². The highest BCUT2D eigenvalue weighted by Crippen LogP contribution is 2.23. The van der Waals surface area contributed by atoms with Gasteiger partial charge in [0.1, 0.15) is 0 Å². The molecule has 1 heterocycles. The average Bonchev–Trinajstić information content (AvgIpc) is 2.01. The molecule has 0 saturated carbocycles. The Morgan fingerprint density at radius 3 is 2.50 bits per heavy atom. The van der Waals surface area contributed by atoms with E-state index < -0.39 is 11.7 Å². The molecule has 0 amide bonds. The van der Waals surface area contributed by atoms with E-state index in [1.165, 1.54) is 0 Å². The van der Waals surface area contributed by atoms with Crippen LogP contribution in [0.5, 0.6) is 0 Å². The third-order valence-corrected chi connectivity index (χ3v) is 2.37. The summed E-state index contributed by atoms with van der Waals surface area (Å²) >= 11 is 0. The van der Waals surface area contributed by atoms with Crippen molar-refractivity contribution in [1.29, 1.82) is 0 Å². The molecule has 1 unspecified atom stereocenters. The number of aliphatic hydroxyl groups is 3. The summed E-state index contributed by atoms with van der Waals surface area (Å²) in [6, 6.07) is 0. The molecule has 0 radical (unpaired) electrons. The van der Waals surface area contributed by atoms with Crippen molar-refractivity contribution in [1.82, 2.24) is 4.90 Å². The smallest absolute Gasteiger partial charge is 0.0897 e. The Hall–Kier alpha value is -0.160. The summed E-state index contributed by atoms with van der Waals surface area (Å²) in [5.41, 5.74) is -0.546. The van der Waals surface area contributed by atoms with Crippen LogP contribution < -0.4 is 0 Å². The van der Waals surface area contributed by atoms with Crippen LogP contribution in [-0.2, 0) is 0 Å². The van der Waals surface area contributed by atoms with Gasteiger partial charge in [0.05, 0.1) is 18.3 Å². The lowest BCUT2D eigenvalue weighted by Gasteiger charge is -2.46. The SMILES string of the molecule is CCC1(O)CN(CC(O)CO)C1. The minimum absolute atomic E-state index is 0.207. The highest BCUT2D eigenvalue weighted by molar-refractivity contribution is 4.94. The van der Waals surface area contributed by atoms with Gasteiger partial charge in [-0.3, -0.25) is 4.90 Å². The molecule has 0 spiro atoms. The predicted octanol–water partition coefficient (Wildman–Crippen LogP) is -1.20. The molecular weight excluding hydrogens is 158 g/mol. The van der Waals surface area contributed by atoms with Gasteiger partial charge in [0.2, 0.25) is 0 Å². The number of β-amino-alcohol motifs (C(OH)–C–C–N with tert-alkyl or cyclic N) is 2. The molecule has 1 atom stereocenters. The van der Waals surface area contributed by atoms with Crippen molar-refractivity contribution in [2.75, 3.05) is 26.2 Å². The minimum atomic E-state index is -0.675. The van der Waals surface area contributed by atoms with E-state index in [1.54, 1.807) is 0 Å². The number of aliphatic hydroxyl groups excluding tert-OH is 2. The molecule has 4 nitrogen and oxygen atoms in total. The molecule has 1 fully saturated rings. The third-order valence-electron chi connectivity index (χ3n) is 2.37. The largest absolute Gasteiger partial charge is 0.394 e. The van der Waals surface area contributed by atoms with Gasteiger partial charge in [-0.15, -0.1) is 0 Å². The standard InChI is InChI=1S/C8H17NO3/c1-2-8(12)5-9(6-8)3-7(11)4-10/h7,10-12H,2-6H2,1H3.